The number of hydrogen-bond donors (Lipinski definition) is 1. The van der Waals surface area contributed by atoms with E-state index in [1.54, 1.807) is 14.2 Å². The minimum atomic E-state index is -0.0923. The number of hydrogen-bond acceptors (Lipinski definition) is 7. The third kappa shape index (κ3) is 6.63. The number of rotatable bonds is 7. The highest BCUT2D eigenvalue weighted by Crippen LogP contribution is 2.33. The van der Waals surface area contributed by atoms with Crippen LogP contribution in [-0.4, -0.2) is 71.8 Å². The smallest absolute Gasteiger partial charge is 0.251 e. The molecular weight excluding hydrogens is 470 g/mol. The first kappa shape index (κ1) is 28.1. The molecule has 4 rings (SSSR count). The normalized spacial score (nSPS) is 17.2. The number of ether oxygens (including phenoxy) is 4. The highest BCUT2D eigenvalue weighted by molar-refractivity contribution is 6.00. The molecule has 0 radical (unpaired) electrons. The van der Waals surface area contributed by atoms with Crippen molar-refractivity contribution in [1.29, 1.82) is 0 Å². The van der Waals surface area contributed by atoms with Crippen LogP contribution in [0.2, 0.25) is 0 Å². The van der Waals surface area contributed by atoms with Crippen LogP contribution in [-0.2, 0) is 31.8 Å². The Hall–Kier alpha value is -3.52. The first-order valence-corrected chi connectivity index (χ1v) is 12.7. The Balaban J connectivity index is 0.00000186. The number of fused-ring (bicyclic) bond motifs is 3. The van der Waals surface area contributed by atoms with Gasteiger partial charge in [-0.05, 0) is 80.4 Å². The van der Waals surface area contributed by atoms with Crippen LogP contribution in [0.25, 0.3) is 6.08 Å². The van der Waals surface area contributed by atoms with Gasteiger partial charge in [-0.25, -0.2) is 0 Å². The first-order valence-electron chi connectivity index (χ1n) is 12.7. The quantitative estimate of drug-likeness (QED) is 0.593. The molecule has 0 saturated heterocycles. The van der Waals surface area contributed by atoms with Crippen LogP contribution in [0.4, 0.5) is 0 Å². The first-order chi connectivity index (χ1) is 17.9. The number of nitrogens with zero attached hydrogens (tertiary/aromatic N) is 2. The van der Waals surface area contributed by atoms with E-state index in [0.717, 1.165) is 45.9 Å². The summed E-state index contributed by atoms with van der Waals surface area (Å²) >= 11 is 0. The molecule has 0 aromatic heterocycles. The second-order valence-corrected chi connectivity index (χ2v) is 8.91. The highest BCUT2D eigenvalue weighted by Gasteiger charge is 2.25. The lowest BCUT2D eigenvalue weighted by atomic mass is 9.88. The molecule has 0 spiro atoms. The van der Waals surface area contributed by atoms with E-state index < -0.39 is 0 Å². The van der Waals surface area contributed by atoms with Crippen LogP contribution in [0.15, 0.2) is 51.8 Å². The molecule has 3 aliphatic rings. The van der Waals surface area contributed by atoms with Gasteiger partial charge in [-0.15, -0.1) is 0 Å². The molecule has 1 aromatic rings. The maximum absolute atomic E-state index is 13.4. The summed E-state index contributed by atoms with van der Waals surface area (Å²) in [4.78, 5) is 20.1. The van der Waals surface area contributed by atoms with Crippen LogP contribution in [0.3, 0.4) is 0 Å². The molecule has 37 heavy (non-hydrogen) atoms. The lowest BCUT2D eigenvalue weighted by Gasteiger charge is -2.18. The van der Waals surface area contributed by atoms with Gasteiger partial charge in [0.15, 0.2) is 17.3 Å². The van der Waals surface area contributed by atoms with E-state index in [0.29, 0.717) is 43.0 Å². The van der Waals surface area contributed by atoms with Gasteiger partial charge in [0.2, 0.25) is 6.79 Å². The molecule has 0 bridgehead atoms. The maximum Gasteiger partial charge on any atom is 0.251 e. The molecular formula is C29H39N3O5. The Morgan fingerprint density at radius 1 is 1.16 bits per heavy atom. The Kier molecular flexibility index (Phi) is 9.97. The molecule has 0 unspecified atom stereocenters. The van der Waals surface area contributed by atoms with Crippen LogP contribution >= 0.6 is 0 Å². The van der Waals surface area contributed by atoms with E-state index in [4.69, 9.17) is 23.9 Å². The van der Waals surface area contributed by atoms with Gasteiger partial charge < -0.3 is 29.2 Å². The van der Waals surface area contributed by atoms with Crippen molar-refractivity contribution in [2.75, 3.05) is 54.7 Å². The van der Waals surface area contributed by atoms with Crippen LogP contribution in [0, 0.1) is 0 Å². The van der Waals surface area contributed by atoms with Gasteiger partial charge in [0.05, 0.1) is 20.8 Å². The maximum atomic E-state index is 13.4. The number of carbonyl (C=O) groups excluding carboxylic acids is 1. The summed E-state index contributed by atoms with van der Waals surface area (Å²) in [7, 11) is 7.21. The Bertz CT molecular complexity index is 1160. The van der Waals surface area contributed by atoms with Crippen molar-refractivity contribution < 1.29 is 23.7 Å². The number of methoxy groups -OCH3 is 2. The molecule has 0 fully saturated rings. The summed E-state index contributed by atoms with van der Waals surface area (Å²) in [5.74, 6) is 2.66. The average Bonchev–Trinajstić information content (AvgIpc) is 3.08. The zero-order valence-electron chi connectivity index (χ0n) is 23.1. The summed E-state index contributed by atoms with van der Waals surface area (Å²) in [6, 6.07) is 2.00. The van der Waals surface area contributed by atoms with Crippen molar-refractivity contribution in [3.63, 3.8) is 0 Å². The van der Waals surface area contributed by atoms with Gasteiger partial charge in [-0.1, -0.05) is 13.8 Å². The van der Waals surface area contributed by atoms with Gasteiger partial charge in [-0.2, -0.15) is 0 Å². The van der Waals surface area contributed by atoms with Crippen molar-refractivity contribution in [2.45, 2.75) is 33.6 Å². The Morgan fingerprint density at radius 2 is 1.92 bits per heavy atom. The van der Waals surface area contributed by atoms with Crippen LogP contribution in [0.5, 0.6) is 0 Å². The number of allylic oxidation sites excluding steroid dienone is 3. The number of nitrogens with one attached hydrogen (secondary N) is 1. The average molecular weight is 510 g/mol. The predicted molar refractivity (Wildman–Crippen MR) is 146 cm³/mol. The van der Waals surface area contributed by atoms with Gasteiger partial charge in [0, 0.05) is 30.4 Å². The fourth-order valence-electron chi connectivity index (χ4n) is 4.37. The summed E-state index contributed by atoms with van der Waals surface area (Å²) in [5, 5.41) is 3.07. The number of likely N-dealkylation sites (N-methyl/N-ethyl adjacent to an activating group) is 1. The molecule has 1 N–H and O–H groups in total. The van der Waals surface area contributed by atoms with E-state index in [9.17, 15) is 4.79 Å². The van der Waals surface area contributed by atoms with Gasteiger partial charge in [0.1, 0.15) is 5.76 Å². The van der Waals surface area contributed by atoms with E-state index in [1.807, 2.05) is 70.3 Å². The lowest BCUT2D eigenvalue weighted by Crippen LogP contribution is -2.32. The number of carbonyl (C=O) groups is 1. The molecule has 2 aliphatic heterocycles. The Morgan fingerprint density at radius 3 is 2.57 bits per heavy atom. The third-order valence-electron chi connectivity index (χ3n) is 6.25. The fourth-order valence-corrected chi connectivity index (χ4v) is 4.37. The topological polar surface area (TPSA) is 81.6 Å². The van der Waals surface area contributed by atoms with E-state index >= 15 is 0 Å². The van der Waals surface area contributed by atoms with Gasteiger partial charge in [-0.3, -0.25) is 9.79 Å². The van der Waals surface area contributed by atoms with Crippen molar-refractivity contribution >= 4 is 18.2 Å². The second kappa shape index (κ2) is 13.1. The summed E-state index contributed by atoms with van der Waals surface area (Å²) in [6.07, 6.45) is 8.99. The molecule has 0 atom stereocenters. The molecule has 8 nitrogen and oxygen atoms in total. The molecule has 2 heterocycles. The van der Waals surface area contributed by atoms with E-state index in [-0.39, 0.29) is 12.7 Å². The van der Waals surface area contributed by atoms with Crippen molar-refractivity contribution in [3.8, 4) is 0 Å². The number of benzene rings is 1. The number of aliphatic imine (C=N–C) groups is 1. The summed E-state index contributed by atoms with van der Waals surface area (Å²) in [5.41, 5.74) is 5.61. The molecule has 8 heteroatoms. The second-order valence-electron chi connectivity index (χ2n) is 8.91. The van der Waals surface area contributed by atoms with Crippen molar-refractivity contribution in [1.82, 2.24) is 10.2 Å². The zero-order chi connectivity index (χ0) is 26.9. The SMILES string of the molecule is CC.COC1=CCc2c(C(=O)NCCN(C)C)cc3c(c2C=C1OC)C=NC/C(=C\C1=C(C)OCO1)C3. The molecule has 1 aliphatic carbocycles. The highest BCUT2D eigenvalue weighted by atomic mass is 16.7. The third-order valence-corrected chi connectivity index (χ3v) is 6.25. The van der Waals surface area contributed by atoms with Crippen LogP contribution in [0.1, 0.15) is 53.4 Å². The molecule has 1 aromatic carbocycles. The molecule has 0 saturated carbocycles. The summed E-state index contributed by atoms with van der Waals surface area (Å²) < 4.78 is 22.2. The molecule has 200 valence electrons. The largest absolute Gasteiger partial charge is 0.493 e. The van der Waals surface area contributed by atoms with E-state index in [2.05, 4.69) is 5.32 Å². The van der Waals surface area contributed by atoms with Crippen molar-refractivity contribution in [2.24, 2.45) is 4.99 Å². The standard InChI is InChI=1S/C27H33N3O5.C2H6/c1-17-25(35-16-34-17)11-18-10-19-12-22(27(31)29-8-9-30(2)3)20-6-7-24(32-4)26(33-5)13-21(20)23(19)15-28-14-18;1-2/h7,11-13,15H,6,8-10,14,16H2,1-5H3,(H,29,31);1-2H3/b18-11-;. The zero-order valence-corrected chi connectivity index (χ0v) is 23.1. The predicted octanol–water partition coefficient (Wildman–Crippen LogP) is 4.22. The minimum Gasteiger partial charge on any atom is -0.493 e. The number of amides is 1. The van der Waals surface area contributed by atoms with Gasteiger partial charge in [0.25, 0.3) is 5.91 Å². The minimum absolute atomic E-state index is 0.0923. The lowest BCUT2D eigenvalue weighted by molar-refractivity contribution is 0.0749. The van der Waals surface area contributed by atoms with Crippen LogP contribution < -0.4 is 5.32 Å². The van der Waals surface area contributed by atoms with E-state index in [1.165, 1.54) is 0 Å². The summed E-state index contributed by atoms with van der Waals surface area (Å²) in [6.45, 7) is 7.98. The molecule has 1 amide bonds. The monoisotopic (exact) mass is 509 g/mol. The van der Waals surface area contributed by atoms with Gasteiger partial charge >= 0.3 is 0 Å². The Labute approximate surface area is 220 Å². The fraction of sp³-hybridized carbons (Fsp3) is 0.448. The van der Waals surface area contributed by atoms with Crippen molar-refractivity contribution in [3.05, 3.63) is 74.6 Å².